The maximum Gasteiger partial charge on any atom is 0.416 e. The molecule has 0 aliphatic carbocycles. The Kier molecular flexibility index (Phi) is 7.84. The Morgan fingerprint density at radius 2 is 1.93 bits per heavy atom. The lowest BCUT2D eigenvalue weighted by Gasteiger charge is -2.45. The first-order valence-electron chi connectivity index (χ1n) is 14.2. The third kappa shape index (κ3) is 5.89. The van der Waals surface area contributed by atoms with Gasteiger partial charge in [0.25, 0.3) is 11.7 Å². The number of carbonyl (C=O) groups is 3. The fourth-order valence-corrected chi connectivity index (χ4v) is 6.10. The van der Waals surface area contributed by atoms with Crippen LogP contribution in [0.3, 0.4) is 0 Å². The molecule has 1 aromatic carbocycles. The predicted octanol–water partition coefficient (Wildman–Crippen LogP) is 2.67. The van der Waals surface area contributed by atoms with E-state index in [2.05, 4.69) is 15.3 Å². The van der Waals surface area contributed by atoms with E-state index in [0.717, 1.165) is 36.9 Å². The van der Waals surface area contributed by atoms with Crippen molar-refractivity contribution < 1.29 is 36.9 Å². The van der Waals surface area contributed by atoms with Crippen molar-refractivity contribution in [3.05, 3.63) is 83.1 Å². The van der Waals surface area contributed by atoms with Gasteiger partial charge in [0.2, 0.25) is 11.6 Å². The molecule has 5 heterocycles. The highest BCUT2D eigenvalue weighted by atomic mass is 19.4. The third-order valence-corrected chi connectivity index (χ3v) is 8.38. The summed E-state index contributed by atoms with van der Waals surface area (Å²) in [4.78, 5) is 54.4. The van der Waals surface area contributed by atoms with E-state index in [-0.39, 0.29) is 52.9 Å². The van der Waals surface area contributed by atoms with Gasteiger partial charge in [0, 0.05) is 36.8 Å². The summed E-state index contributed by atoms with van der Waals surface area (Å²) in [5, 5.41) is 2.40. The van der Waals surface area contributed by atoms with E-state index in [1.807, 2.05) is 9.80 Å². The van der Waals surface area contributed by atoms with Crippen LogP contribution in [0, 0.1) is 5.92 Å². The molecule has 2 fully saturated rings. The minimum Gasteiger partial charge on any atom is -0.468 e. The lowest BCUT2D eigenvalue weighted by atomic mass is 9.88. The highest BCUT2D eigenvalue weighted by Crippen LogP contribution is 2.39. The summed E-state index contributed by atoms with van der Waals surface area (Å²) < 4.78 is 43.7. The molecule has 1 aromatic heterocycles. The van der Waals surface area contributed by atoms with Crippen LogP contribution in [0.2, 0.25) is 0 Å². The minimum atomic E-state index is -4.57. The number of aliphatic imine (C=N–C) groups is 2. The summed E-state index contributed by atoms with van der Waals surface area (Å²) in [5.41, 5.74) is 1.30. The van der Waals surface area contributed by atoms with Gasteiger partial charge in [-0.3, -0.25) is 24.3 Å². The number of aromatic nitrogens is 1. The van der Waals surface area contributed by atoms with Gasteiger partial charge in [-0.05, 0) is 49.2 Å². The molecule has 0 radical (unpaired) electrons. The summed E-state index contributed by atoms with van der Waals surface area (Å²) >= 11 is 0. The summed E-state index contributed by atoms with van der Waals surface area (Å²) in [6, 6.07) is 7.97. The van der Waals surface area contributed by atoms with Crippen molar-refractivity contribution in [1.82, 2.24) is 14.8 Å². The van der Waals surface area contributed by atoms with Gasteiger partial charge in [0.1, 0.15) is 17.7 Å². The second-order valence-corrected chi connectivity index (χ2v) is 11.2. The molecule has 4 aliphatic heterocycles. The molecule has 0 bridgehead atoms. The molecule has 3 N–H and O–H groups in total. The monoisotopic (exact) mass is 623 g/mol. The number of nitrogens with zero attached hydrogens (tertiary/aromatic N) is 6. The number of allylic oxidation sites excluding steroid dienone is 1. The van der Waals surface area contributed by atoms with Crippen molar-refractivity contribution in [3.63, 3.8) is 0 Å². The number of hydrogen-bond donors (Lipinski definition) is 2. The van der Waals surface area contributed by atoms with Crippen LogP contribution in [0.1, 0.15) is 34.3 Å². The number of piperidine rings is 1. The van der Waals surface area contributed by atoms with Crippen LogP contribution in [0.4, 0.5) is 19.0 Å². The number of anilines is 1. The SMILES string of the molecule is COC(=O)CN1CC(=O)N2C[C@H](C3=C4C=NC=C[N+]4(N)C(c4ccc(C(=O)Nc5cc(C(F)(F)F)ccn5)cc4)=N3)CC[C@H]2C1. The van der Waals surface area contributed by atoms with Gasteiger partial charge in [-0.15, -0.1) is 4.59 Å². The molecule has 1 unspecified atom stereocenters. The number of halogens is 3. The number of quaternary nitrogens is 1. The highest BCUT2D eigenvalue weighted by Gasteiger charge is 2.48. The van der Waals surface area contributed by atoms with E-state index in [1.165, 1.54) is 19.2 Å². The number of ether oxygens (including phenoxy) is 1. The lowest BCUT2D eigenvalue weighted by Crippen LogP contribution is -2.60. The van der Waals surface area contributed by atoms with Crippen molar-refractivity contribution in [2.75, 3.05) is 38.6 Å². The molecule has 2 amide bonds. The predicted molar refractivity (Wildman–Crippen MR) is 156 cm³/mol. The number of methoxy groups -OCH3 is 1. The zero-order chi connectivity index (χ0) is 31.9. The average molecular weight is 624 g/mol. The maximum atomic E-state index is 13.1. The Bertz CT molecular complexity index is 1670. The van der Waals surface area contributed by atoms with Gasteiger partial charge < -0.3 is 15.0 Å². The number of fused-ring (bicyclic) bond motifs is 2. The second kappa shape index (κ2) is 11.6. The maximum absolute atomic E-state index is 13.1. The number of benzene rings is 1. The largest absolute Gasteiger partial charge is 0.468 e. The molecule has 45 heavy (non-hydrogen) atoms. The first kappa shape index (κ1) is 30.3. The van der Waals surface area contributed by atoms with Crippen molar-refractivity contribution in [3.8, 4) is 0 Å². The first-order chi connectivity index (χ1) is 21.5. The lowest BCUT2D eigenvalue weighted by molar-refractivity contribution is -0.750. The van der Waals surface area contributed by atoms with E-state index in [1.54, 1.807) is 30.7 Å². The number of alkyl halides is 3. The quantitative estimate of drug-likeness (QED) is 0.286. The van der Waals surface area contributed by atoms with Gasteiger partial charge in [-0.2, -0.15) is 24.0 Å². The van der Waals surface area contributed by atoms with Crippen LogP contribution < -0.4 is 11.2 Å². The Morgan fingerprint density at radius 3 is 2.67 bits per heavy atom. The number of amides is 2. The van der Waals surface area contributed by atoms with Crippen LogP contribution in [0.5, 0.6) is 0 Å². The highest BCUT2D eigenvalue weighted by molar-refractivity contribution is 6.05. The van der Waals surface area contributed by atoms with Crippen molar-refractivity contribution in [2.45, 2.75) is 25.1 Å². The molecule has 3 atom stereocenters. The molecule has 2 aromatic rings. The number of hydrogen-bond acceptors (Lipinski definition) is 9. The Labute approximate surface area is 255 Å². The minimum absolute atomic E-state index is 0.0236. The number of nitrogens with two attached hydrogens (primary N) is 1. The van der Waals surface area contributed by atoms with E-state index in [4.69, 9.17) is 15.6 Å². The molecule has 2 saturated heterocycles. The molecule has 234 valence electrons. The number of piperazine rings is 1. The molecule has 0 spiro atoms. The normalized spacial score (nSPS) is 24.7. The number of rotatable bonds is 6. The Hall–Kier alpha value is -4.73. The van der Waals surface area contributed by atoms with E-state index in [9.17, 15) is 27.6 Å². The van der Waals surface area contributed by atoms with Crippen LogP contribution in [-0.2, 0) is 20.5 Å². The third-order valence-electron chi connectivity index (χ3n) is 8.38. The summed E-state index contributed by atoms with van der Waals surface area (Å²) in [7, 11) is 1.32. The number of carbonyl (C=O) groups excluding carboxylic acids is 3. The number of nitrogens with one attached hydrogen (secondary N) is 1. The zero-order valence-electron chi connectivity index (χ0n) is 24.2. The average Bonchev–Trinajstić information content (AvgIpc) is 3.33. The molecule has 4 aliphatic rings. The van der Waals surface area contributed by atoms with Gasteiger partial charge >= 0.3 is 12.1 Å². The Balaban J connectivity index is 1.20. The topological polar surface area (TPSA) is 143 Å². The van der Waals surface area contributed by atoms with Crippen LogP contribution in [0.25, 0.3) is 0 Å². The van der Waals surface area contributed by atoms with Crippen molar-refractivity contribution >= 4 is 35.7 Å². The van der Waals surface area contributed by atoms with Gasteiger partial charge in [0.15, 0.2) is 0 Å². The number of esters is 1. The van der Waals surface area contributed by atoms with Crippen LogP contribution in [0.15, 0.2) is 76.4 Å². The van der Waals surface area contributed by atoms with Crippen molar-refractivity contribution in [1.29, 1.82) is 0 Å². The summed E-state index contributed by atoms with van der Waals surface area (Å²) in [6.45, 7) is 1.23. The van der Waals surface area contributed by atoms with Gasteiger partial charge in [0.05, 0.1) is 43.7 Å². The molecule has 12 nitrogen and oxygen atoms in total. The molecular weight excluding hydrogens is 593 g/mol. The van der Waals surface area contributed by atoms with E-state index >= 15 is 0 Å². The first-order valence-corrected chi connectivity index (χ1v) is 14.2. The fraction of sp³-hybridized carbons (Fsp3) is 0.333. The standard InChI is InChI=1S/C30H29F3N8O4/c1-45-26(43)17-39-15-22-7-6-20(14-40(22)25(42)16-39)27-23-13-35-10-11-41(23,34)28(38-27)18-2-4-19(5-3-18)29(44)37-24-12-21(8-9-36-24)30(31,32)33/h2-5,8-13,20,22H,6-7,14-17,34H2,1H3/p+1/t20-,22+,41?/m1/s1. The van der Waals surface area contributed by atoms with Crippen molar-refractivity contribution in [2.24, 2.45) is 21.7 Å². The number of pyridine rings is 1. The van der Waals surface area contributed by atoms with Gasteiger partial charge in [-0.25, -0.2) is 4.98 Å². The molecule has 6 rings (SSSR count). The van der Waals surface area contributed by atoms with E-state index in [0.29, 0.717) is 30.2 Å². The van der Waals surface area contributed by atoms with Gasteiger partial charge in [-0.1, -0.05) is 0 Å². The second-order valence-electron chi connectivity index (χ2n) is 11.2. The zero-order valence-corrected chi connectivity index (χ0v) is 24.2. The summed E-state index contributed by atoms with van der Waals surface area (Å²) in [5.74, 6) is 5.98. The van der Waals surface area contributed by atoms with Crippen LogP contribution >= 0.6 is 0 Å². The van der Waals surface area contributed by atoms with Crippen LogP contribution in [-0.4, -0.2) is 88.5 Å². The molecule has 0 saturated carbocycles. The smallest absolute Gasteiger partial charge is 0.416 e. The molecular formula is C30H30F3N8O4+. The number of amidine groups is 1. The molecule has 15 heteroatoms. The fourth-order valence-electron chi connectivity index (χ4n) is 6.10. The summed E-state index contributed by atoms with van der Waals surface area (Å²) in [6.07, 6.45) is 2.82. The Morgan fingerprint density at radius 1 is 1.16 bits per heavy atom. The van der Waals surface area contributed by atoms with E-state index < -0.39 is 17.6 Å².